The molecule has 0 atom stereocenters. The van der Waals surface area contributed by atoms with Gasteiger partial charge in [-0.25, -0.2) is 0 Å². The molecule has 0 saturated carbocycles. The average molecular weight is 390 g/mol. The minimum atomic E-state index is 0.231. The molecule has 1 saturated heterocycles. The third-order valence-electron chi connectivity index (χ3n) is 5.33. The van der Waals surface area contributed by atoms with E-state index in [0.29, 0.717) is 24.7 Å². The van der Waals surface area contributed by atoms with E-state index >= 15 is 0 Å². The van der Waals surface area contributed by atoms with Gasteiger partial charge in [-0.05, 0) is 31.0 Å². The zero-order valence-electron chi connectivity index (χ0n) is 16.8. The molecule has 0 bridgehead atoms. The highest BCUT2D eigenvalue weighted by Gasteiger charge is 2.22. The van der Waals surface area contributed by atoms with Crippen LogP contribution in [-0.2, 0) is 17.8 Å². The summed E-state index contributed by atoms with van der Waals surface area (Å²) in [6.45, 7) is 5.83. The lowest BCUT2D eigenvalue weighted by Crippen LogP contribution is -2.48. The van der Waals surface area contributed by atoms with Gasteiger partial charge in [0.25, 0.3) is 5.89 Å². The Labute approximate surface area is 171 Å². The number of hydrogen-bond donors (Lipinski definition) is 0. The van der Waals surface area contributed by atoms with Crippen molar-refractivity contribution in [2.75, 3.05) is 26.2 Å². The Balaban J connectivity index is 1.25. The minimum absolute atomic E-state index is 0.231. The predicted molar refractivity (Wildman–Crippen MR) is 111 cm³/mol. The van der Waals surface area contributed by atoms with E-state index in [9.17, 15) is 4.79 Å². The van der Waals surface area contributed by atoms with Crippen LogP contribution in [0.5, 0.6) is 0 Å². The molecule has 0 aliphatic carbocycles. The van der Waals surface area contributed by atoms with Crippen LogP contribution in [0.4, 0.5) is 0 Å². The summed E-state index contributed by atoms with van der Waals surface area (Å²) < 4.78 is 5.41. The molecule has 0 radical (unpaired) electrons. The minimum Gasteiger partial charge on any atom is -0.340 e. The van der Waals surface area contributed by atoms with Crippen LogP contribution in [0.2, 0.25) is 0 Å². The maximum absolute atomic E-state index is 12.5. The van der Waals surface area contributed by atoms with E-state index in [-0.39, 0.29) is 5.91 Å². The quantitative estimate of drug-likeness (QED) is 0.646. The SMILES string of the molecule is Cc1ccc(-c2nc(CN3CCN(C(=O)CCc4ccccc4)CC3)no2)cc1. The van der Waals surface area contributed by atoms with Crippen LogP contribution in [0, 0.1) is 6.92 Å². The van der Waals surface area contributed by atoms with E-state index in [4.69, 9.17) is 4.52 Å². The first-order valence-corrected chi connectivity index (χ1v) is 10.1. The van der Waals surface area contributed by atoms with Crippen molar-refractivity contribution in [3.05, 3.63) is 71.5 Å². The summed E-state index contributed by atoms with van der Waals surface area (Å²) >= 11 is 0. The first-order chi connectivity index (χ1) is 14.2. The molecule has 150 valence electrons. The molecule has 1 aliphatic heterocycles. The van der Waals surface area contributed by atoms with Crippen molar-refractivity contribution in [2.24, 2.45) is 0 Å². The molecule has 6 heteroatoms. The highest BCUT2D eigenvalue weighted by atomic mass is 16.5. The van der Waals surface area contributed by atoms with E-state index in [1.165, 1.54) is 11.1 Å². The molecule has 1 fully saturated rings. The van der Waals surface area contributed by atoms with Crippen molar-refractivity contribution < 1.29 is 9.32 Å². The predicted octanol–water partition coefficient (Wildman–Crippen LogP) is 3.32. The molecular formula is C23H26N4O2. The van der Waals surface area contributed by atoms with Crippen molar-refractivity contribution in [3.63, 3.8) is 0 Å². The van der Waals surface area contributed by atoms with Crippen molar-refractivity contribution in [2.45, 2.75) is 26.3 Å². The number of nitrogens with zero attached hydrogens (tertiary/aromatic N) is 4. The standard InChI is InChI=1S/C23H26N4O2/c1-18-7-10-20(11-8-18)23-24-21(25-29-23)17-26-13-15-27(16-14-26)22(28)12-9-19-5-3-2-4-6-19/h2-8,10-11H,9,12-17H2,1H3. The van der Waals surface area contributed by atoms with E-state index in [1.54, 1.807) is 0 Å². The molecule has 1 amide bonds. The van der Waals surface area contributed by atoms with Crippen LogP contribution in [0.1, 0.15) is 23.4 Å². The molecule has 0 N–H and O–H groups in total. The highest BCUT2D eigenvalue weighted by molar-refractivity contribution is 5.76. The molecule has 3 aromatic rings. The van der Waals surface area contributed by atoms with Gasteiger partial charge in [0.2, 0.25) is 5.91 Å². The lowest BCUT2D eigenvalue weighted by Gasteiger charge is -2.34. The van der Waals surface area contributed by atoms with Gasteiger partial charge in [0.1, 0.15) is 0 Å². The number of piperazine rings is 1. The number of carbonyl (C=O) groups is 1. The third-order valence-corrected chi connectivity index (χ3v) is 5.33. The summed E-state index contributed by atoms with van der Waals surface area (Å²) in [5.74, 6) is 1.47. The van der Waals surface area contributed by atoms with Gasteiger partial charge < -0.3 is 9.42 Å². The fourth-order valence-electron chi connectivity index (χ4n) is 3.54. The van der Waals surface area contributed by atoms with Gasteiger partial charge in [-0.3, -0.25) is 9.69 Å². The van der Waals surface area contributed by atoms with E-state index in [2.05, 4.69) is 34.1 Å². The number of aryl methyl sites for hydroxylation is 2. The number of hydrogen-bond acceptors (Lipinski definition) is 5. The molecule has 6 nitrogen and oxygen atoms in total. The van der Waals surface area contributed by atoms with Gasteiger partial charge in [0, 0.05) is 38.2 Å². The van der Waals surface area contributed by atoms with Gasteiger partial charge in [0.05, 0.1) is 6.54 Å². The average Bonchev–Trinajstić information content (AvgIpc) is 3.22. The van der Waals surface area contributed by atoms with Crippen LogP contribution in [0.25, 0.3) is 11.5 Å². The normalized spacial score (nSPS) is 14.9. The van der Waals surface area contributed by atoms with Crippen LogP contribution in [0.15, 0.2) is 59.1 Å². The summed E-state index contributed by atoms with van der Waals surface area (Å²) in [6.07, 6.45) is 1.36. The summed E-state index contributed by atoms with van der Waals surface area (Å²) in [7, 11) is 0. The van der Waals surface area contributed by atoms with E-state index in [0.717, 1.165) is 38.2 Å². The number of benzene rings is 2. The molecule has 4 rings (SSSR count). The van der Waals surface area contributed by atoms with Crippen LogP contribution in [0.3, 0.4) is 0 Å². The monoisotopic (exact) mass is 390 g/mol. The molecule has 0 spiro atoms. The Morgan fingerprint density at radius 3 is 2.45 bits per heavy atom. The summed E-state index contributed by atoms with van der Waals surface area (Å²) in [5, 5.41) is 4.12. The molecule has 29 heavy (non-hydrogen) atoms. The molecule has 2 heterocycles. The van der Waals surface area contributed by atoms with Gasteiger partial charge in [-0.1, -0.05) is 53.2 Å². The number of amides is 1. The lowest BCUT2D eigenvalue weighted by molar-refractivity contribution is -0.133. The number of carbonyl (C=O) groups excluding carboxylic acids is 1. The van der Waals surface area contributed by atoms with Crippen LogP contribution >= 0.6 is 0 Å². The van der Waals surface area contributed by atoms with Gasteiger partial charge in [0.15, 0.2) is 5.82 Å². The number of rotatable bonds is 6. The Morgan fingerprint density at radius 1 is 1.00 bits per heavy atom. The van der Waals surface area contributed by atoms with Crippen molar-refractivity contribution >= 4 is 5.91 Å². The largest absolute Gasteiger partial charge is 0.340 e. The fraction of sp³-hybridized carbons (Fsp3) is 0.348. The van der Waals surface area contributed by atoms with Crippen LogP contribution < -0.4 is 0 Å². The first-order valence-electron chi connectivity index (χ1n) is 10.1. The molecule has 0 unspecified atom stereocenters. The van der Waals surface area contributed by atoms with Crippen molar-refractivity contribution in [1.29, 1.82) is 0 Å². The second-order valence-electron chi connectivity index (χ2n) is 7.52. The summed E-state index contributed by atoms with van der Waals surface area (Å²) in [6, 6.07) is 18.2. The van der Waals surface area contributed by atoms with E-state index in [1.807, 2.05) is 47.4 Å². The smallest absolute Gasteiger partial charge is 0.257 e. The Kier molecular flexibility index (Phi) is 6.00. The van der Waals surface area contributed by atoms with Gasteiger partial charge in [-0.15, -0.1) is 0 Å². The zero-order valence-corrected chi connectivity index (χ0v) is 16.8. The summed E-state index contributed by atoms with van der Waals surface area (Å²) in [5.41, 5.74) is 3.34. The second kappa shape index (κ2) is 9.01. The van der Waals surface area contributed by atoms with E-state index < -0.39 is 0 Å². The molecular weight excluding hydrogens is 364 g/mol. The first kappa shape index (κ1) is 19.3. The van der Waals surface area contributed by atoms with Crippen molar-refractivity contribution in [3.8, 4) is 11.5 Å². The topological polar surface area (TPSA) is 62.5 Å². The maximum atomic E-state index is 12.5. The Bertz CT molecular complexity index is 929. The van der Waals surface area contributed by atoms with Gasteiger partial charge in [-0.2, -0.15) is 4.98 Å². The third kappa shape index (κ3) is 5.09. The van der Waals surface area contributed by atoms with Crippen molar-refractivity contribution in [1.82, 2.24) is 19.9 Å². The second-order valence-corrected chi connectivity index (χ2v) is 7.52. The highest BCUT2D eigenvalue weighted by Crippen LogP contribution is 2.18. The maximum Gasteiger partial charge on any atom is 0.257 e. The summed E-state index contributed by atoms with van der Waals surface area (Å²) in [4.78, 5) is 21.2. The fourth-order valence-corrected chi connectivity index (χ4v) is 3.54. The lowest BCUT2D eigenvalue weighted by atomic mass is 10.1. The molecule has 1 aromatic heterocycles. The Hall–Kier alpha value is -2.99. The van der Waals surface area contributed by atoms with Gasteiger partial charge >= 0.3 is 0 Å². The number of aromatic nitrogens is 2. The van der Waals surface area contributed by atoms with Crippen LogP contribution in [-0.4, -0.2) is 52.0 Å². The molecule has 2 aromatic carbocycles. The molecule has 1 aliphatic rings. The Morgan fingerprint density at radius 2 is 1.72 bits per heavy atom. The zero-order chi connectivity index (χ0) is 20.1.